The molecule has 49 heavy (non-hydrogen) atoms. The third-order valence-electron chi connectivity index (χ3n) is 9.12. The number of nitrogens with one attached hydrogen (secondary N) is 1. The molecule has 2 heterocycles. The van der Waals surface area contributed by atoms with Crippen LogP contribution in [0.2, 0.25) is 0 Å². The first kappa shape index (κ1) is 32.5. The Hall–Kier alpha value is -5.07. The fourth-order valence-corrected chi connectivity index (χ4v) is 7.11. The van der Waals surface area contributed by atoms with Crippen molar-refractivity contribution in [2.45, 2.75) is 31.3 Å². The summed E-state index contributed by atoms with van der Waals surface area (Å²) in [6.45, 7) is 0.277. The van der Waals surface area contributed by atoms with Gasteiger partial charge in [0.2, 0.25) is 5.89 Å². The standard InChI is InChI=1S/C37H33F2N3O6S/c1-40-35(43)32-25-19-24(22-10-13-29(46-2)26(18-22)36-41-33-27(39)6-4-7-30(33)48-36)28(42(49(3)45)17-16-37(44)14-5-15-37)20-31(25)47-34(32)21-8-11-23(38)12-9-21/h4,6-13,18-20,44H,5,14-17H2,1-3H3,(H,40,43). The van der Waals surface area contributed by atoms with Gasteiger partial charge >= 0.3 is 0 Å². The topological polar surface area (TPSA) is 118 Å². The summed E-state index contributed by atoms with van der Waals surface area (Å²) in [6, 6.07) is 19.0. The second-order valence-corrected chi connectivity index (χ2v) is 13.4. The van der Waals surface area contributed by atoms with Crippen LogP contribution in [0.25, 0.3) is 56.0 Å². The van der Waals surface area contributed by atoms with Crippen molar-refractivity contribution >= 4 is 44.6 Å². The Morgan fingerprint density at radius 3 is 2.43 bits per heavy atom. The Kier molecular flexibility index (Phi) is 8.45. The highest BCUT2D eigenvalue weighted by Crippen LogP contribution is 2.44. The molecule has 1 atom stereocenters. The number of aromatic nitrogens is 1. The quantitative estimate of drug-likeness (QED) is 0.152. The van der Waals surface area contributed by atoms with Gasteiger partial charge in [0, 0.05) is 42.4 Å². The summed E-state index contributed by atoms with van der Waals surface area (Å²) in [7, 11) is 1.48. The van der Waals surface area contributed by atoms with Gasteiger partial charge in [-0.05, 0) is 85.8 Å². The number of aliphatic hydroxyl groups is 1. The van der Waals surface area contributed by atoms with Gasteiger partial charge in [-0.15, -0.1) is 0 Å². The maximum Gasteiger partial charge on any atom is 0.255 e. The molecule has 9 nitrogen and oxygen atoms in total. The molecule has 2 N–H and O–H groups in total. The van der Waals surface area contributed by atoms with Crippen LogP contribution >= 0.6 is 0 Å². The lowest BCUT2D eigenvalue weighted by atomic mass is 9.78. The molecule has 0 saturated heterocycles. The van der Waals surface area contributed by atoms with Crippen molar-refractivity contribution in [2.75, 3.05) is 31.3 Å². The number of ether oxygens (including phenoxy) is 1. The highest BCUT2D eigenvalue weighted by Gasteiger charge is 2.35. The van der Waals surface area contributed by atoms with Crippen molar-refractivity contribution in [3.63, 3.8) is 0 Å². The monoisotopic (exact) mass is 685 g/mol. The lowest BCUT2D eigenvalue weighted by molar-refractivity contribution is -0.0376. The minimum atomic E-state index is -1.54. The van der Waals surface area contributed by atoms with Gasteiger partial charge in [-0.2, -0.15) is 0 Å². The molecule has 2 aromatic heterocycles. The van der Waals surface area contributed by atoms with Crippen LogP contribution in [0, 0.1) is 11.6 Å². The van der Waals surface area contributed by atoms with E-state index in [1.54, 1.807) is 40.9 Å². The molecule has 1 aliphatic rings. The summed E-state index contributed by atoms with van der Waals surface area (Å²) >= 11 is 0. The first-order chi connectivity index (χ1) is 23.6. The van der Waals surface area contributed by atoms with Crippen LogP contribution in [0.5, 0.6) is 5.75 Å². The van der Waals surface area contributed by atoms with E-state index in [2.05, 4.69) is 10.3 Å². The largest absolute Gasteiger partial charge is 0.496 e. The lowest BCUT2D eigenvalue weighted by Crippen LogP contribution is -2.41. The molecule has 4 aromatic carbocycles. The lowest BCUT2D eigenvalue weighted by Gasteiger charge is -2.38. The average molecular weight is 686 g/mol. The minimum Gasteiger partial charge on any atom is -0.496 e. The Morgan fingerprint density at radius 2 is 1.78 bits per heavy atom. The Morgan fingerprint density at radius 1 is 1.02 bits per heavy atom. The van der Waals surface area contributed by atoms with Crippen LogP contribution in [0.15, 0.2) is 81.6 Å². The molecular formula is C37H33F2N3O6S. The number of nitrogens with zero attached hydrogens (tertiary/aromatic N) is 2. The van der Waals surface area contributed by atoms with E-state index < -0.39 is 34.1 Å². The van der Waals surface area contributed by atoms with Gasteiger partial charge in [0.15, 0.2) is 11.4 Å². The molecule has 1 fully saturated rings. The number of carbonyl (C=O) groups excluding carboxylic acids is 1. The van der Waals surface area contributed by atoms with Gasteiger partial charge in [0.05, 0.1) is 29.5 Å². The van der Waals surface area contributed by atoms with E-state index in [0.29, 0.717) is 63.9 Å². The van der Waals surface area contributed by atoms with E-state index in [1.165, 1.54) is 50.6 Å². The number of furan rings is 1. The number of hydrogen-bond donors (Lipinski definition) is 2. The summed E-state index contributed by atoms with van der Waals surface area (Å²) in [6.07, 6.45) is 4.23. The maximum atomic E-state index is 14.6. The molecular weight excluding hydrogens is 652 g/mol. The molecule has 0 aliphatic heterocycles. The number of anilines is 1. The fraction of sp³-hybridized carbons (Fsp3) is 0.243. The molecule has 1 aliphatic carbocycles. The molecule has 0 spiro atoms. The third kappa shape index (κ3) is 5.95. The minimum absolute atomic E-state index is 0.0792. The first-order valence-corrected chi connectivity index (χ1v) is 17.3. The number of carbonyl (C=O) groups is 1. The highest BCUT2D eigenvalue weighted by molar-refractivity contribution is 7.85. The van der Waals surface area contributed by atoms with E-state index >= 15 is 0 Å². The van der Waals surface area contributed by atoms with Crippen molar-refractivity contribution < 1.29 is 36.5 Å². The van der Waals surface area contributed by atoms with E-state index in [-0.39, 0.29) is 34.9 Å². The number of rotatable bonds is 10. The highest BCUT2D eigenvalue weighted by atomic mass is 32.2. The van der Waals surface area contributed by atoms with Gasteiger partial charge in [-0.25, -0.2) is 18.0 Å². The van der Waals surface area contributed by atoms with E-state index in [9.17, 15) is 22.9 Å². The summed E-state index contributed by atoms with van der Waals surface area (Å²) in [5.41, 5.74) is 2.79. The molecule has 252 valence electrons. The third-order valence-corrected chi connectivity index (χ3v) is 10.1. The average Bonchev–Trinajstić information content (AvgIpc) is 3.69. The van der Waals surface area contributed by atoms with Crippen LogP contribution in [0.4, 0.5) is 14.5 Å². The van der Waals surface area contributed by atoms with Crippen LogP contribution in [-0.4, -0.2) is 52.8 Å². The molecule has 1 amide bonds. The second-order valence-electron chi connectivity index (χ2n) is 12.1. The number of hydrogen-bond acceptors (Lipinski definition) is 7. The molecule has 12 heteroatoms. The van der Waals surface area contributed by atoms with Crippen LogP contribution < -0.4 is 14.4 Å². The number of methoxy groups -OCH3 is 1. The van der Waals surface area contributed by atoms with Crippen molar-refractivity contribution in [3.05, 3.63) is 90.0 Å². The van der Waals surface area contributed by atoms with Gasteiger partial charge in [0.1, 0.15) is 39.4 Å². The Labute approximate surface area is 283 Å². The van der Waals surface area contributed by atoms with E-state index in [0.717, 1.165) is 6.42 Å². The fourth-order valence-electron chi connectivity index (χ4n) is 6.33. The number of benzene rings is 4. The zero-order valence-corrected chi connectivity index (χ0v) is 27.8. The summed E-state index contributed by atoms with van der Waals surface area (Å²) in [5.74, 6) is -0.564. The smallest absolute Gasteiger partial charge is 0.255 e. The van der Waals surface area contributed by atoms with Crippen molar-refractivity contribution in [1.82, 2.24) is 10.3 Å². The number of fused-ring (bicyclic) bond motifs is 2. The molecule has 0 radical (unpaired) electrons. The SMILES string of the molecule is CNC(=O)c1c(-c2ccc(F)cc2)oc2cc(N(CCC3(O)CCC3)S(C)=O)c(-c3ccc(OC)c(-c4nc5c(F)cccc5o4)c3)cc12. The summed E-state index contributed by atoms with van der Waals surface area (Å²) in [5, 5.41) is 14.1. The van der Waals surface area contributed by atoms with Crippen LogP contribution in [-0.2, 0) is 11.0 Å². The molecule has 1 saturated carbocycles. The van der Waals surface area contributed by atoms with Crippen LogP contribution in [0.3, 0.4) is 0 Å². The molecule has 1 unspecified atom stereocenters. The number of para-hydroxylation sites is 1. The van der Waals surface area contributed by atoms with E-state index in [4.69, 9.17) is 13.6 Å². The van der Waals surface area contributed by atoms with E-state index in [1.807, 2.05) is 6.07 Å². The summed E-state index contributed by atoms with van der Waals surface area (Å²) < 4.78 is 61.5. The van der Waals surface area contributed by atoms with Gasteiger partial charge < -0.3 is 24.0 Å². The summed E-state index contributed by atoms with van der Waals surface area (Å²) in [4.78, 5) is 17.8. The molecule has 6 aromatic rings. The second kappa shape index (κ2) is 12.8. The number of halogens is 2. The van der Waals surface area contributed by atoms with Crippen molar-refractivity contribution in [3.8, 4) is 39.7 Å². The number of amides is 1. The first-order valence-electron chi connectivity index (χ1n) is 15.7. The van der Waals surface area contributed by atoms with Crippen molar-refractivity contribution in [2.24, 2.45) is 0 Å². The Balaban J connectivity index is 1.47. The van der Waals surface area contributed by atoms with Gasteiger partial charge in [-0.1, -0.05) is 12.1 Å². The van der Waals surface area contributed by atoms with Crippen LogP contribution in [0.1, 0.15) is 36.0 Å². The number of oxazole rings is 1. The molecule has 0 bridgehead atoms. The van der Waals surface area contributed by atoms with Gasteiger partial charge in [-0.3, -0.25) is 9.10 Å². The van der Waals surface area contributed by atoms with Gasteiger partial charge in [0.25, 0.3) is 5.91 Å². The van der Waals surface area contributed by atoms with Crippen molar-refractivity contribution in [1.29, 1.82) is 0 Å². The zero-order valence-electron chi connectivity index (χ0n) is 27.0. The molecule has 7 rings (SSSR count). The predicted molar refractivity (Wildman–Crippen MR) is 185 cm³/mol. The Bertz CT molecular complexity index is 2240. The maximum absolute atomic E-state index is 14.6. The zero-order chi connectivity index (χ0) is 34.4. The predicted octanol–water partition coefficient (Wildman–Crippen LogP) is 7.63. The normalized spacial score (nSPS) is 14.5.